The summed E-state index contributed by atoms with van der Waals surface area (Å²) in [4.78, 5) is 15.0. The van der Waals surface area contributed by atoms with E-state index >= 15 is 0 Å². The van der Waals surface area contributed by atoms with Crippen LogP contribution in [0.4, 0.5) is 0 Å². The minimum Gasteiger partial charge on any atom is -0.480 e. The molecule has 0 radical (unpaired) electrons. The van der Waals surface area contributed by atoms with Gasteiger partial charge in [0.25, 0.3) is 0 Å². The Bertz CT molecular complexity index is 399. The highest BCUT2D eigenvalue weighted by atomic mass is 16.4. The maximum absolute atomic E-state index is 10.9. The molecule has 1 aliphatic carbocycles. The summed E-state index contributed by atoms with van der Waals surface area (Å²) in [6.07, 6.45) is 5.16. The van der Waals surface area contributed by atoms with Crippen LogP contribution in [0.2, 0.25) is 0 Å². The molecule has 0 saturated heterocycles. The normalized spacial score (nSPS) is 19.6. The molecule has 1 aliphatic rings. The summed E-state index contributed by atoms with van der Waals surface area (Å²) in [6, 6.07) is 1.16. The van der Waals surface area contributed by atoms with Gasteiger partial charge in [-0.1, -0.05) is 6.07 Å². The third-order valence-corrected chi connectivity index (χ3v) is 3.10. The van der Waals surface area contributed by atoms with Crippen molar-refractivity contribution in [1.29, 1.82) is 0 Å². The van der Waals surface area contributed by atoms with Gasteiger partial charge in [-0.05, 0) is 30.9 Å². The van der Waals surface area contributed by atoms with Gasteiger partial charge in [0.2, 0.25) is 0 Å². The molecule has 1 unspecified atom stereocenters. The van der Waals surface area contributed by atoms with Crippen molar-refractivity contribution in [3.63, 3.8) is 0 Å². The zero-order chi connectivity index (χ0) is 11.1. The summed E-state index contributed by atoms with van der Waals surface area (Å²) in [6.45, 7) is 1.94. The van der Waals surface area contributed by atoms with Crippen molar-refractivity contribution in [3.05, 3.63) is 29.6 Å². The number of carbonyl (C=O) groups is 1. The van der Waals surface area contributed by atoms with Gasteiger partial charge < -0.3 is 10.8 Å². The molecule has 4 nitrogen and oxygen atoms in total. The van der Waals surface area contributed by atoms with E-state index in [-0.39, 0.29) is 5.41 Å². The van der Waals surface area contributed by atoms with Crippen LogP contribution in [-0.2, 0) is 10.2 Å². The second-order valence-corrected chi connectivity index (χ2v) is 4.22. The summed E-state index contributed by atoms with van der Waals surface area (Å²) in [7, 11) is 0. The molecule has 1 atom stereocenters. The van der Waals surface area contributed by atoms with Crippen LogP contribution in [0, 0.1) is 6.92 Å². The molecule has 80 valence electrons. The molecule has 1 fully saturated rings. The smallest absolute Gasteiger partial charge is 0.321 e. The minimum atomic E-state index is -0.936. The SMILES string of the molecule is Cc1cncc(C2(C(N)C(=O)O)CC2)c1. The van der Waals surface area contributed by atoms with Gasteiger partial charge in [0, 0.05) is 17.8 Å². The quantitative estimate of drug-likeness (QED) is 0.768. The number of hydrogen-bond acceptors (Lipinski definition) is 3. The Morgan fingerprint density at radius 3 is 2.73 bits per heavy atom. The van der Waals surface area contributed by atoms with Gasteiger partial charge in [-0.25, -0.2) is 0 Å². The monoisotopic (exact) mass is 206 g/mol. The molecule has 0 aromatic carbocycles. The number of hydrogen-bond donors (Lipinski definition) is 2. The molecule has 2 rings (SSSR count). The summed E-state index contributed by atoms with van der Waals surface area (Å²) in [5.74, 6) is -0.936. The predicted octanol–water partition coefficient (Wildman–Crippen LogP) is 0.834. The van der Waals surface area contributed by atoms with Crippen LogP contribution < -0.4 is 5.73 Å². The zero-order valence-electron chi connectivity index (χ0n) is 8.60. The molecule has 0 aliphatic heterocycles. The molecule has 0 bridgehead atoms. The lowest BCUT2D eigenvalue weighted by Gasteiger charge is -2.19. The van der Waals surface area contributed by atoms with Crippen LogP contribution in [-0.4, -0.2) is 22.1 Å². The van der Waals surface area contributed by atoms with E-state index in [9.17, 15) is 4.79 Å². The first-order valence-corrected chi connectivity index (χ1v) is 4.97. The fourth-order valence-corrected chi connectivity index (χ4v) is 1.98. The van der Waals surface area contributed by atoms with E-state index in [2.05, 4.69) is 4.98 Å². The Kier molecular flexibility index (Phi) is 2.23. The number of rotatable bonds is 3. The highest BCUT2D eigenvalue weighted by Crippen LogP contribution is 2.50. The number of aryl methyl sites for hydroxylation is 1. The van der Waals surface area contributed by atoms with Crippen LogP contribution >= 0.6 is 0 Å². The van der Waals surface area contributed by atoms with E-state index in [0.717, 1.165) is 24.0 Å². The van der Waals surface area contributed by atoms with Crippen molar-refractivity contribution in [3.8, 4) is 0 Å². The second kappa shape index (κ2) is 3.31. The molecule has 0 amide bonds. The van der Waals surface area contributed by atoms with E-state index in [4.69, 9.17) is 10.8 Å². The average Bonchev–Trinajstić information content (AvgIpc) is 2.97. The van der Waals surface area contributed by atoms with E-state index in [1.54, 1.807) is 12.4 Å². The van der Waals surface area contributed by atoms with E-state index in [1.807, 2.05) is 13.0 Å². The largest absolute Gasteiger partial charge is 0.480 e. The number of nitrogens with two attached hydrogens (primary N) is 1. The lowest BCUT2D eigenvalue weighted by atomic mass is 9.89. The number of nitrogens with zero attached hydrogens (tertiary/aromatic N) is 1. The van der Waals surface area contributed by atoms with Gasteiger partial charge in [-0.3, -0.25) is 9.78 Å². The van der Waals surface area contributed by atoms with Gasteiger partial charge in [-0.15, -0.1) is 0 Å². The standard InChI is InChI=1S/C11H14N2O2/c1-7-4-8(6-13-5-7)11(2-3-11)9(12)10(14)15/h4-6,9H,2-3,12H2,1H3,(H,14,15). The molecule has 3 N–H and O–H groups in total. The van der Waals surface area contributed by atoms with Gasteiger partial charge in [-0.2, -0.15) is 0 Å². The van der Waals surface area contributed by atoms with Crippen LogP contribution in [0.25, 0.3) is 0 Å². The Morgan fingerprint density at radius 2 is 2.27 bits per heavy atom. The number of carboxylic acids is 1. The van der Waals surface area contributed by atoms with E-state index < -0.39 is 12.0 Å². The molecule has 15 heavy (non-hydrogen) atoms. The number of carboxylic acid groups (broad SMARTS) is 1. The lowest BCUT2D eigenvalue weighted by molar-refractivity contribution is -0.139. The third kappa shape index (κ3) is 1.61. The first kappa shape index (κ1) is 10.1. The maximum atomic E-state index is 10.9. The molecule has 1 aromatic rings. The highest BCUT2D eigenvalue weighted by Gasteiger charge is 2.52. The van der Waals surface area contributed by atoms with E-state index in [0.29, 0.717) is 0 Å². The van der Waals surface area contributed by atoms with Crippen molar-refractivity contribution >= 4 is 5.97 Å². The number of aromatic nitrogens is 1. The topological polar surface area (TPSA) is 76.2 Å². The van der Waals surface area contributed by atoms with Gasteiger partial charge in [0.05, 0.1) is 0 Å². The number of pyridine rings is 1. The van der Waals surface area contributed by atoms with Crippen LogP contribution in [0.3, 0.4) is 0 Å². The Balaban J connectivity index is 2.34. The fraction of sp³-hybridized carbons (Fsp3) is 0.455. The van der Waals surface area contributed by atoms with Crippen LogP contribution in [0.15, 0.2) is 18.5 Å². The average molecular weight is 206 g/mol. The van der Waals surface area contributed by atoms with Crippen molar-refractivity contribution in [1.82, 2.24) is 4.98 Å². The fourth-order valence-electron chi connectivity index (χ4n) is 1.98. The molecular weight excluding hydrogens is 192 g/mol. The first-order chi connectivity index (χ1) is 7.06. The lowest BCUT2D eigenvalue weighted by Crippen LogP contribution is -2.42. The first-order valence-electron chi connectivity index (χ1n) is 4.97. The molecule has 1 saturated carbocycles. The van der Waals surface area contributed by atoms with Crippen molar-refractivity contribution in [2.24, 2.45) is 5.73 Å². The molecule has 0 spiro atoms. The van der Waals surface area contributed by atoms with E-state index in [1.165, 1.54) is 0 Å². The summed E-state index contributed by atoms with van der Waals surface area (Å²) < 4.78 is 0. The Hall–Kier alpha value is -1.42. The van der Waals surface area contributed by atoms with Crippen LogP contribution in [0.5, 0.6) is 0 Å². The zero-order valence-corrected chi connectivity index (χ0v) is 8.60. The van der Waals surface area contributed by atoms with Gasteiger partial charge >= 0.3 is 5.97 Å². The van der Waals surface area contributed by atoms with Crippen molar-refractivity contribution in [2.75, 3.05) is 0 Å². The Labute approximate surface area is 88.1 Å². The van der Waals surface area contributed by atoms with Gasteiger partial charge in [0.1, 0.15) is 6.04 Å². The molecule has 1 heterocycles. The second-order valence-electron chi connectivity index (χ2n) is 4.22. The van der Waals surface area contributed by atoms with Crippen molar-refractivity contribution in [2.45, 2.75) is 31.2 Å². The minimum absolute atomic E-state index is 0.370. The summed E-state index contributed by atoms with van der Waals surface area (Å²) in [5.41, 5.74) is 7.34. The molecule has 1 aromatic heterocycles. The maximum Gasteiger partial charge on any atom is 0.321 e. The summed E-state index contributed by atoms with van der Waals surface area (Å²) >= 11 is 0. The third-order valence-electron chi connectivity index (χ3n) is 3.10. The molecular formula is C11H14N2O2. The molecule has 4 heteroatoms. The van der Waals surface area contributed by atoms with Gasteiger partial charge in [0.15, 0.2) is 0 Å². The summed E-state index contributed by atoms with van der Waals surface area (Å²) in [5, 5.41) is 8.94. The highest BCUT2D eigenvalue weighted by molar-refractivity contribution is 5.76. The number of aliphatic carboxylic acids is 1. The predicted molar refractivity (Wildman–Crippen MR) is 55.5 cm³/mol. The van der Waals surface area contributed by atoms with Crippen LogP contribution in [0.1, 0.15) is 24.0 Å². The van der Waals surface area contributed by atoms with Crippen molar-refractivity contribution < 1.29 is 9.90 Å². The Morgan fingerprint density at radius 1 is 1.60 bits per heavy atom.